The maximum Gasteiger partial charge on any atom is 0.167 e. The van der Waals surface area contributed by atoms with Crippen molar-refractivity contribution < 1.29 is 9.53 Å². The Morgan fingerprint density at radius 3 is 2.50 bits per heavy atom. The zero-order valence-electron chi connectivity index (χ0n) is 16.2. The van der Waals surface area contributed by atoms with Crippen LogP contribution in [0.25, 0.3) is 16.6 Å². The van der Waals surface area contributed by atoms with Crippen molar-refractivity contribution in [2.45, 2.75) is 26.9 Å². The molecule has 0 bridgehead atoms. The quantitative estimate of drug-likeness (QED) is 0.398. The Hall–Kier alpha value is -3.33. The number of hydrogen-bond acceptors (Lipinski definition) is 2. The summed E-state index contributed by atoms with van der Waals surface area (Å²) in [5, 5.41) is 0. The first kappa shape index (κ1) is 18.1. The third-order valence-electron chi connectivity index (χ3n) is 5.06. The van der Waals surface area contributed by atoms with Crippen LogP contribution < -0.4 is 4.74 Å². The Morgan fingerprint density at radius 1 is 0.929 bits per heavy atom. The molecule has 0 unspecified atom stereocenters. The molecule has 3 heteroatoms. The Morgan fingerprint density at radius 2 is 1.75 bits per heavy atom. The molecular formula is C25H23NO2. The van der Waals surface area contributed by atoms with Crippen LogP contribution in [0.5, 0.6) is 5.75 Å². The highest BCUT2D eigenvalue weighted by molar-refractivity contribution is 5.91. The van der Waals surface area contributed by atoms with Crippen LogP contribution in [-0.4, -0.2) is 10.7 Å². The summed E-state index contributed by atoms with van der Waals surface area (Å²) < 4.78 is 8.11. The van der Waals surface area contributed by atoms with Gasteiger partial charge in [0.05, 0.1) is 5.69 Å². The van der Waals surface area contributed by atoms with Crippen molar-refractivity contribution >= 4 is 11.8 Å². The molecule has 0 atom stereocenters. The number of aromatic nitrogens is 1. The predicted molar refractivity (Wildman–Crippen MR) is 113 cm³/mol. The number of carbonyl (C=O) groups is 1. The Bertz CT molecular complexity index is 1130. The van der Waals surface area contributed by atoms with E-state index in [0.717, 1.165) is 46.2 Å². The summed E-state index contributed by atoms with van der Waals surface area (Å²) in [6.45, 7) is 4.67. The summed E-state index contributed by atoms with van der Waals surface area (Å²) in [5.74, 6) is 0.789. The average Bonchev–Trinajstić information content (AvgIpc) is 3.10. The van der Waals surface area contributed by atoms with E-state index in [1.807, 2.05) is 53.1 Å². The minimum Gasteiger partial charge on any atom is -0.488 e. The Labute approximate surface area is 165 Å². The van der Waals surface area contributed by atoms with Crippen LogP contribution in [0.3, 0.4) is 0 Å². The Balaban J connectivity index is 1.81. The number of pyridine rings is 1. The number of aryl methyl sites for hydroxylation is 2. The van der Waals surface area contributed by atoms with Crippen molar-refractivity contribution in [3.8, 4) is 16.9 Å². The van der Waals surface area contributed by atoms with Crippen molar-refractivity contribution in [3.05, 3.63) is 95.3 Å². The molecule has 0 radical (unpaired) electrons. The van der Waals surface area contributed by atoms with E-state index < -0.39 is 0 Å². The zero-order valence-corrected chi connectivity index (χ0v) is 16.2. The van der Waals surface area contributed by atoms with Gasteiger partial charge < -0.3 is 9.14 Å². The van der Waals surface area contributed by atoms with Crippen molar-refractivity contribution in [3.63, 3.8) is 0 Å². The standard InChI is InChI=1S/C25H23NO2/c1-3-19-9-10-25(28-17-20-7-5-4-6-8-20)23(14-19)22-15-21-13-18(2)11-12-26(21)24(22)16-27/h4-16H,3,17H2,1-2H3. The second kappa shape index (κ2) is 7.73. The molecule has 140 valence electrons. The molecule has 0 aliphatic heterocycles. The molecule has 0 N–H and O–H groups in total. The van der Waals surface area contributed by atoms with Crippen LogP contribution in [0.2, 0.25) is 0 Å². The van der Waals surface area contributed by atoms with Gasteiger partial charge in [0.25, 0.3) is 0 Å². The number of rotatable bonds is 6. The lowest BCUT2D eigenvalue weighted by Gasteiger charge is -2.13. The molecule has 4 aromatic rings. The van der Waals surface area contributed by atoms with Gasteiger partial charge in [0.1, 0.15) is 12.4 Å². The summed E-state index contributed by atoms with van der Waals surface area (Å²) >= 11 is 0. The highest BCUT2D eigenvalue weighted by Crippen LogP contribution is 2.35. The molecule has 0 spiro atoms. The molecule has 0 saturated carbocycles. The fourth-order valence-electron chi connectivity index (χ4n) is 3.52. The van der Waals surface area contributed by atoms with Gasteiger partial charge in [0.2, 0.25) is 0 Å². The minimum absolute atomic E-state index is 0.488. The molecule has 2 aromatic heterocycles. The van der Waals surface area contributed by atoms with Crippen molar-refractivity contribution in [1.29, 1.82) is 0 Å². The third-order valence-corrected chi connectivity index (χ3v) is 5.06. The van der Waals surface area contributed by atoms with E-state index in [4.69, 9.17) is 4.74 Å². The minimum atomic E-state index is 0.488. The maximum atomic E-state index is 11.9. The summed E-state index contributed by atoms with van der Waals surface area (Å²) in [6, 6.07) is 22.5. The zero-order chi connectivity index (χ0) is 19.5. The predicted octanol–water partition coefficient (Wildman–Crippen LogP) is 5.87. The average molecular weight is 369 g/mol. The largest absolute Gasteiger partial charge is 0.488 e. The second-order valence-electron chi connectivity index (χ2n) is 7.02. The van der Waals surface area contributed by atoms with Gasteiger partial charge in [-0.15, -0.1) is 0 Å². The highest BCUT2D eigenvalue weighted by Gasteiger charge is 2.16. The topological polar surface area (TPSA) is 30.7 Å². The molecule has 0 aliphatic rings. The van der Waals surface area contributed by atoms with Gasteiger partial charge in [0, 0.05) is 22.8 Å². The lowest BCUT2D eigenvalue weighted by Crippen LogP contribution is -1.99. The van der Waals surface area contributed by atoms with Gasteiger partial charge in [-0.1, -0.05) is 43.3 Å². The normalized spacial score (nSPS) is 10.9. The fourth-order valence-corrected chi connectivity index (χ4v) is 3.52. The summed E-state index contributed by atoms with van der Waals surface area (Å²) in [4.78, 5) is 11.9. The van der Waals surface area contributed by atoms with E-state index >= 15 is 0 Å². The third kappa shape index (κ3) is 3.44. The van der Waals surface area contributed by atoms with Gasteiger partial charge in [-0.25, -0.2) is 0 Å². The van der Waals surface area contributed by atoms with Crippen LogP contribution in [0.4, 0.5) is 0 Å². The summed E-state index contributed by atoms with van der Waals surface area (Å²) in [7, 11) is 0. The smallest absolute Gasteiger partial charge is 0.167 e. The van der Waals surface area contributed by atoms with Gasteiger partial charge in [-0.2, -0.15) is 0 Å². The number of carbonyl (C=O) groups excluding carboxylic acids is 1. The number of nitrogens with zero attached hydrogens (tertiary/aromatic N) is 1. The first-order chi connectivity index (χ1) is 13.7. The first-order valence-corrected chi connectivity index (χ1v) is 9.56. The monoisotopic (exact) mass is 369 g/mol. The molecule has 4 rings (SSSR count). The van der Waals surface area contributed by atoms with Crippen LogP contribution in [0.1, 0.15) is 34.1 Å². The van der Waals surface area contributed by atoms with Gasteiger partial charge >= 0.3 is 0 Å². The molecule has 0 amide bonds. The molecule has 2 heterocycles. The highest BCUT2D eigenvalue weighted by atomic mass is 16.5. The van der Waals surface area contributed by atoms with Gasteiger partial charge in [0.15, 0.2) is 6.29 Å². The van der Waals surface area contributed by atoms with Gasteiger partial charge in [-0.3, -0.25) is 4.79 Å². The van der Waals surface area contributed by atoms with Crippen molar-refractivity contribution in [1.82, 2.24) is 4.40 Å². The molecular weight excluding hydrogens is 346 g/mol. The van der Waals surface area contributed by atoms with E-state index in [2.05, 4.69) is 38.1 Å². The number of hydrogen-bond donors (Lipinski definition) is 0. The van der Waals surface area contributed by atoms with E-state index in [1.54, 1.807) is 0 Å². The van der Waals surface area contributed by atoms with E-state index in [9.17, 15) is 4.79 Å². The Kier molecular flexibility index (Phi) is 4.98. The number of benzene rings is 2. The van der Waals surface area contributed by atoms with E-state index in [0.29, 0.717) is 12.3 Å². The molecule has 0 aliphatic carbocycles. The van der Waals surface area contributed by atoms with E-state index in [1.165, 1.54) is 5.56 Å². The fraction of sp³-hybridized carbons (Fsp3) is 0.160. The second-order valence-corrected chi connectivity index (χ2v) is 7.02. The lowest BCUT2D eigenvalue weighted by atomic mass is 10.0. The molecule has 0 fully saturated rings. The summed E-state index contributed by atoms with van der Waals surface area (Å²) in [6.07, 6.45) is 3.80. The van der Waals surface area contributed by atoms with Gasteiger partial charge in [-0.05, 0) is 60.4 Å². The first-order valence-electron chi connectivity index (χ1n) is 9.56. The van der Waals surface area contributed by atoms with Crippen LogP contribution in [0, 0.1) is 6.92 Å². The molecule has 3 nitrogen and oxygen atoms in total. The summed E-state index contributed by atoms with van der Waals surface area (Å²) in [5.41, 5.74) is 7.00. The van der Waals surface area contributed by atoms with Crippen molar-refractivity contribution in [2.24, 2.45) is 0 Å². The number of fused-ring (bicyclic) bond motifs is 1. The van der Waals surface area contributed by atoms with Crippen LogP contribution in [0.15, 0.2) is 72.9 Å². The van der Waals surface area contributed by atoms with Crippen molar-refractivity contribution in [2.75, 3.05) is 0 Å². The SMILES string of the molecule is CCc1ccc(OCc2ccccc2)c(-c2cc3cc(C)ccn3c2C=O)c1. The molecule has 2 aromatic carbocycles. The number of aldehydes is 1. The molecule has 28 heavy (non-hydrogen) atoms. The van der Waals surface area contributed by atoms with Crippen LogP contribution >= 0.6 is 0 Å². The lowest BCUT2D eigenvalue weighted by molar-refractivity contribution is 0.111. The maximum absolute atomic E-state index is 11.9. The van der Waals surface area contributed by atoms with E-state index in [-0.39, 0.29) is 0 Å². The van der Waals surface area contributed by atoms with Crippen LogP contribution in [-0.2, 0) is 13.0 Å². The number of ether oxygens (including phenoxy) is 1. The molecule has 0 saturated heterocycles.